The molecular formula is C10H9FeNO2. The third-order valence-electron chi connectivity index (χ3n) is 1.41. The van der Waals surface area contributed by atoms with Crippen LogP contribution >= 0.6 is 0 Å². The van der Waals surface area contributed by atoms with E-state index >= 15 is 0 Å². The predicted molar refractivity (Wildman–Crippen MR) is 48.9 cm³/mol. The van der Waals surface area contributed by atoms with E-state index in [2.05, 4.69) is 0 Å². The van der Waals surface area contributed by atoms with Crippen molar-refractivity contribution >= 4 is 0 Å². The first-order valence-electron chi connectivity index (χ1n) is 3.83. The molecule has 0 atom stereocenters. The van der Waals surface area contributed by atoms with Crippen LogP contribution in [0, 0.1) is 73.9 Å². The largest absolute Gasteiger partial charge is 0.298 e. The summed E-state index contributed by atoms with van der Waals surface area (Å²) in [6.07, 6.45) is 16.2. The Morgan fingerprint density at radius 1 is 0.857 bits per heavy atom. The molecule has 0 bridgehead atoms. The molecule has 0 aromatic carbocycles. The van der Waals surface area contributed by atoms with Gasteiger partial charge in [0, 0.05) is 22.0 Å². The van der Waals surface area contributed by atoms with Crippen LogP contribution in [0.2, 0.25) is 0 Å². The van der Waals surface area contributed by atoms with E-state index in [1.807, 2.05) is 32.1 Å². The van der Waals surface area contributed by atoms with E-state index in [0.717, 1.165) is 0 Å². The summed E-state index contributed by atoms with van der Waals surface area (Å²) >= 11 is 0. The molecule has 0 N–H and O–H groups in total. The van der Waals surface area contributed by atoms with E-state index in [1.54, 1.807) is 12.8 Å². The monoisotopic (exact) mass is 231 g/mol. The fraction of sp³-hybridized carbons (Fsp3) is 0. The van der Waals surface area contributed by atoms with Crippen LogP contribution < -0.4 is 0 Å². The molecule has 0 unspecified atom stereocenters. The molecule has 10 radical (unpaired) electrons. The third-order valence-corrected chi connectivity index (χ3v) is 1.41. The van der Waals surface area contributed by atoms with Crippen LogP contribution in [-0.4, -0.2) is 4.92 Å². The van der Waals surface area contributed by atoms with Gasteiger partial charge < -0.3 is 0 Å². The predicted octanol–water partition coefficient (Wildman–Crippen LogP) is 1.64. The summed E-state index contributed by atoms with van der Waals surface area (Å²) in [4.78, 5) is 9.45. The van der Waals surface area contributed by atoms with Crippen molar-refractivity contribution in [2.24, 2.45) is 0 Å². The van der Waals surface area contributed by atoms with E-state index in [9.17, 15) is 10.1 Å². The number of nitrogens with zero attached hydrogens (tertiary/aromatic N) is 1. The topological polar surface area (TPSA) is 43.1 Å². The molecule has 2 aliphatic rings. The van der Waals surface area contributed by atoms with Crippen LogP contribution in [-0.2, 0) is 17.1 Å². The van der Waals surface area contributed by atoms with Crippen LogP contribution in [0.4, 0.5) is 0 Å². The van der Waals surface area contributed by atoms with Crippen molar-refractivity contribution in [1.29, 1.82) is 0 Å². The van der Waals surface area contributed by atoms with Crippen LogP contribution in [0.25, 0.3) is 0 Å². The number of rotatable bonds is 1. The zero-order valence-corrected chi connectivity index (χ0v) is 8.42. The van der Waals surface area contributed by atoms with Crippen molar-refractivity contribution < 1.29 is 22.0 Å². The molecule has 0 aliphatic heterocycles. The summed E-state index contributed by atoms with van der Waals surface area (Å²) in [6, 6.07) is 0.157. The quantitative estimate of drug-likeness (QED) is 0.391. The van der Waals surface area contributed by atoms with Gasteiger partial charge in [0.25, 0.3) is 6.04 Å². The first kappa shape index (κ1) is 13.9. The average Bonchev–Trinajstić information content (AvgIpc) is 2.82. The Kier molecular flexibility index (Phi) is 8.20. The molecule has 2 aliphatic carbocycles. The van der Waals surface area contributed by atoms with Gasteiger partial charge in [-0.1, -0.05) is 0 Å². The summed E-state index contributed by atoms with van der Waals surface area (Å²) in [5.41, 5.74) is 0. The second kappa shape index (κ2) is 8.25. The number of hydrogen-bond acceptors (Lipinski definition) is 2. The van der Waals surface area contributed by atoms with Crippen molar-refractivity contribution in [3.05, 3.63) is 73.9 Å². The number of nitro groups is 1. The van der Waals surface area contributed by atoms with Crippen LogP contribution in [0.5, 0.6) is 0 Å². The minimum absolute atomic E-state index is 0. The minimum Gasteiger partial charge on any atom is -0.264 e. The zero-order valence-electron chi connectivity index (χ0n) is 7.31. The molecule has 0 aromatic rings. The fourth-order valence-electron chi connectivity index (χ4n) is 0.806. The summed E-state index contributed by atoms with van der Waals surface area (Å²) in [6.45, 7) is 0. The van der Waals surface area contributed by atoms with Crippen molar-refractivity contribution in [3.63, 3.8) is 0 Å². The molecule has 0 heterocycles. The summed E-state index contributed by atoms with van der Waals surface area (Å²) in [5, 5.41) is 9.87. The van der Waals surface area contributed by atoms with Gasteiger partial charge in [-0.15, -0.1) is 0 Å². The second-order valence-electron chi connectivity index (χ2n) is 2.36. The molecule has 14 heavy (non-hydrogen) atoms. The summed E-state index contributed by atoms with van der Waals surface area (Å²) in [5.74, 6) is 0. The molecule has 0 amide bonds. The maximum absolute atomic E-state index is 9.87. The van der Waals surface area contributed by atoms with Gasteiger partial charge in [0.15, 0.2) is 0 Å². The second-order valence-corrected chi connectivity index (χ2v) is 2.36. The molecule has 2 rings (SSSR count). The third kappa shape index (κ3) is 5.61. The molecule has 0 saturated heterocycles. The van der Waals surface area contributed by atoms with Crippen LogP contribution in [0.3, 0.4) is 0 Å². The van der Waals surface area contributed by atoms with Gasteiger partial charge >= 0.3 is 0 Å². The first-order valence-corrected chi connectivity index (χ1v) is 3.83. The Bertz CT molecular complexity index is 147. The van der Waals surface area contributed by atoms with E-state index in [4.69, 9.17) is 0 Å². The Hall–Kier alpha value is -0.0805. The van der Waals surface area contributed by atoms with Gasteiger partial charge in [-0.05, 0) is 44.9 Å². The van der Waals surface area contributed by atoms with Gasteiger partial charge in [0.05, 0.1) is 12.8 Å². The fourth-order valence-corrected chi connectivity index (χ4v) is 0.806. The Balaban J connectivity index is 0.000000246. The standard InChI is InChI=1S/C5H4NO2.C5H5.Fe/c7-6(8)5-3-1-2-4-5;1-2-4-5-3-1;/h1-4H;1-5H;. The van der Waals surface area contributed by atoms with Gasteiger partial charge in [-0.25, -0.2) is 0 Å². The molecule has 0 spiro atoms. The van der Waals surface area contributed by atoms with Crippen molar-refractivity contribution in [2.45, 2.75) is 0 Å². The zero-order chi connectivity index (χ0) is 9.52. The summed E-state index contributed by atoms with van der Waals surface area (Å²) < 4.78 is 0. The molecule has 74 valence electrons. The molecule has 3 nitrogen and oxygen atoms in total. The average molecular weight is 231 g/mol. The van der Waals surface area contributed by atoms with E-state index in [0.29, 0.717) is 0 Å². The Morgan fingerprint density at radius 3 is 1.43 bits per heavy atom. The van der Waals surface area contributed by atoms with Gasteiger partial charge in [-0.3, -0.25) is 10.1 Å². The van der Waals surface area contributed by atoms with Gasteiger partial charge in [-0.2, -0.15) is 0 Å². The van der Waals surface area contributed by atoms with Crippen LogP contribution in [0.15, 0.2) is 0 Å². The Morgan fingerprint density at radius 2 is 1.21 bits per heavy atom. The van der Waals surface area contributed by atoms with Crippen molar-refractivity contribution in [2.75, 3.05) is 0 Å². The normalized spacial score (nSPS) is 20.9. The molecule has 2 fully saturated rings. The minimum atomic E-state index is -0.417. The van der Waals surface area contributed by atoms with E-state index < -0.39 is 4.92 Å². The SMILES string of the molecule is O=[N+]([O-])[C]1[CH][CH][CH][CH]1.[CH]1[CH][CH][CH][CH]1.[Fe]. The van der Waals surface area contributed by atoms with E-state index in [1.165, 1.54) is 12.8 Å². The van der Waals surface area contributed by atoms with Crippen LogP contribution in [0.1, 0.15) is 0 Å². The van der Waals surface area contributed by atoms with Gasteiger partial charge in [0.1, 0.15) is 0 Å². The molecular weight excluding hydrogens is 222 g/mol. The number of hydrogen-bond donors (Lipinski definition) is 0. The maximum atomic E-state index is 9.87. The molecule has 2 saturated carbocycles. The first-order chi connectivity index (χ1) is 6.30. The summed E-state index contributed by atoms with van der Waals surface area (Å²) in [7, 11) is 0. The van der Waals surface area contributed by atoms with Gasteiger partial charge in [0.2, 0.25) is 0 Å². The van der Waals surface area contributed by atoms with E-state index in [-0.39, 0.29) is 23.1 Å². The van der Waals surface area contributed by atoms with Crippen molar-refractivity contribution in [1.82, 2.24) is 0 Å². The smallest absolute Gasteiger partial charge is 0.264 e. The Labute approximate surface area is 96.3 Å². The molecule has 0 aromatic heterocycles. The van der Waals surface area contributed by atoms with Crippen molar-refractivity contribution in [3.8, 4) is 0 Å². The maximum Gasteiger partial charge on any atom is 0.298 e. The molecule has 4 heteroatoms.